The van der Waals surface area contributed by atoms with Gasteiger partial charge in [0.15, 0.2) is 0 Å². The third kappa shape index (κ3) is 2.44. The molecule has 2 atom stereocenters. The highest BCUT2D eigenvalue weighted by atomic mass is 16.6. The van der Waals surface area contributed by atoms with Gasteiger partial charge in [-0.2, -0.15) is 0 Å². The van der Waals surface area contributed by atoms with Crippen LogP contribution in [0.3, 0.4) is 0 Å². The molecule has 2 unspecified atom stereocenters. The molecular formula is C13H16N4O3. The summed E-state index contributed by atoms with van der Waals surface area (Å²) in [6, 6.07) is 4.74. The molecule has 20 heavy (non-hydrogen) atoms. The summed E-state index contributed by atoms with van der Waals surface area (Å²) in [7, 11) is 0. The van der Waals surface area contributed by atoms with Crippen molar-refractivity contribution in [1.82, 2.24) is 9.97 Å². The summed E-state index contributed by atoms with van der Waals surface area (Å²) in [6.07, 6.45) is 2.32. The Morgan fingerprint density at radius 1 is 1.60 bits per heavy atom. The Bertz CT molecular complexity index is 634. The Morgan fingerprint density at radius 3 is 3.15 bits per heavy atom. The molecule has 0 aliphatic carbocycles. The Hall–Kier alpha value is -2.15. The van der Waals surface area contributed by atoms with Crippen LogP contribution >= 0.6 is 0 Å². The number of H-pyrrole nitrogens is 1. The van der Waals surface area contributed by atoms with E-state index in [0.29, 0.717) is 17.0 Å². The first-order chi connectivity index (χ1) is 9.63. The molecule has 1 fully saturated rings. The maximum absolute atomic E-state index is 10.7. The highest BCUT2D eigenvalue weighted by Gasteiger charge is 2.23. The van der Waals surface area contributed by atoms with E-state index >= 15 is 0 Å². The van der Waals surface area contributed by atoms with Crippen LogP contribution in [0.5, 0.6) is 0 Å². The largest absolute Gasteiger partial charge is 0.376 e. The Kier molecular flexibility index (Phi) is 3.27. The average molecular weight is 276 g/mol. The molecule has 0 amide bonds. The number of aromatic nitrogens is 2. The van der Waals surface area contributed by atoms with Gasteiger partial charge in [-0.05, 0) is 25.8 Å². The molecule has 1 saturated heterocycles. The number of aromatic amines is 1. The third-order valence-corrected chi connectivity index (χ3v) is 3.56. The number of nitro groups is 1. The van der Waals surface area contributed by atoms with Crippen molar-refractivity contribution in [3.63, 3.8) is 0 Å². The van der Waals surface area contributed by atoms with E-state index < -0.39 is 4.92 Å². The number of ether oxygens (including phenoxy) is 1. The molecule has 7 heteroatoms. The van der Waals surface area contributed by atoms with Crippen molar-refractivity contribution < 1.29 is 9.66 Å². The van der Waals surface area contributed by atoms with Crippen molar-refractivity contribution in [2.45, 2.75) is 31.9 Å². The fourth-order valence-corrected chi connectivity index (χ4v) is 2.49. The van der Waals surface area contributed by atoms with E-state index in [1.54, 1.807) is 6.07 Å². The molecule has 2 heterocycles. The van der Waals surface area contributed by atoms with Gasteiger partial charge in [0.2, 0.25) is 5.95 Å². The lowest BCUT2D eigenvalue weighted by molar-refractivity contribution is -0.384. The first-order valence-corrected chi connectivity index (χ1v) is 6.66. The number of fused-ring (bicyclic) bond motifs is 1. The summed E-state index contributed by atoms with van der Waals surface area (Å²) in [6.45, 7) is 2.86. The van der Waals surface area contributed by atoms with Gasteiger partial charge in [0.25, 0.3) is 5.69 Å². The summed E-state index contributed by atoms with van der Waals surface area (Å²) in [5.41, 5.74) is 1.42. The molecule has 0 radical (unpaired) electrons. The normalized spacial score (nSPS) is 20.1. The molecular weight excluding hydrogens is 260 g/mol. The predicted octanol–water partition coefficient (Wildman–Crippen LogP) is 2.45. The van der Waals surface area contributed by atoms with Crippen LogP contribution in [0.2, 0.25) is 0 Å². The molecule has 7 nitrogen and oxygen atoms in total. The number of rotatable bonds is 4. The number of benzene rings is 1. The van der Waals surface area contributed by atoms with Gasteiger partial charge in [-0.1, -0.05) is 0 Å². The molecule has 1 aliphatic heterocycles. The minimum Gasteiger partial charge on any atom is -0.376 e. The average Bonchev–Trinajstić information content (AvgIpc) is 3.06. The number of imidazole rings is 1. The molecule has 1 aliphatic rings. The zero-order valence-electron chi connectivity index (χ0n) is 11.1. The van der Waals surface area contributed by atoms with E-state index in [2.05, 4.69) is 15.3 Å². The number of nitro benzene ring substituents is 1. The Labute approximate surface area is 115 Å². The van der Waals surface area contributed by atoms with E-state index in [1.807, 2.05) is 6.92 Å². The third-order valence-electron chi connectivity index (χ3n) is 3.56. The van der Waals surface area contributed by atoms with Gasteiger partial charge in [0, 0.05) is 18.7 Å². The topological polar surface area (TPSA) is 93.1 Å². The first kappa shape index (κ1) is 12.9. The standard InChI is InChI=1S/C13H16N4O3/c1-8(12-3-2-6-20-12)14-13-15-10-5-4-9(17(18)19)7-11(10)16-13/h4-5,7-8,12H,2-3,6H2,1H3,(H2,14,15,16). The second kappa shape index (κ2) is 5.09. The molecule has 0 bridgehead atoms. The van der Waals surface area contributed by atoms with Crippen molar-refractivity contribution in [3.8, 4) is 0 Å². The number of non-ortho nitro benzene ring substituents is 1. The van der Waals surface area contributed by atoms with Crippen molar-refractivity contribution in [1.29, 1.82) is 0 Å². The molecule has 1 aromatic heterocycles. The SMILES string of the molecule is CC(Nc1nc2ccc([N+](=O)[O-])cc2[nH]1)C1CCCO1. The summed E-state index contributed by atoms with van der Waals surface area (Å²) >= 11 is 0. The number of hydrogen-bond acceptors (Lipinski definition) is 5. The fraction of sp³-hybridized carbons (Fsp3) is 0.462. The zero-order chi connectivity index (χ0) is 14.1. The predicted molar refractivity (Wildman–Crippen MR) is 74.8 cm³/mol. The lowest BCUT2D eigenvalue weighted by Gasteiger charge is -2.19. The van der Waals surface area contributed by atoms with Gasteiger partial charge < -0.3 is 15.0 Å². The van der Waals surface area contributed by atoms with E-state index in [4.69, 9.17) is 4.74 Å². The van der Waals surface area contributed by atoms with Crippen molar-refractivity contribution >= 4 is 22.7 Å². The monoisotopic (exact) mass is 276 g/mol. The van der Waals surface area contributed by atoms with Crippen LogP contribution < -0.4 is 5.32 Å². The van der Waals surface area contributed by atoms with Crippen molar-refractivity contribution in [2.75, 3.05) is 11.9 Å². The molecule has 2 aromatic rings. The van der Waals surface area contributed by atoms with Crippen LogP contribution in [0, 0.1) is 10.1 Å². The minimum absolute atomic E-state index is 0.0554. The summed E-state index contributed by atoms with van der Waals surface area (Å²) < 4.78 is 5.62. The summed E-state index contributed by atoms with van der Waals surface area (Å²) in [5, 5.41) is 14.0. The number of hydrogen-bond donors (Lipinski definition) is 2. The van der Waals surface area contributed by atoms with E-state index in [9.17, 15) is 10.1 Å². The van der Waals surface area contributed by atoms with Crippen LogP contribution in [0.25, 0.3) is 11.0 Å². The van der Waals surface area contributed by atoms with Gasteiger partial charge in [0.05, 0.1) is 28.1 Å². The van der Waals surface area contributed by atoms with Gasteiger partial charge >= 0.3 is 0 Å². The quantitative estimate of drug-likeness (QED) is 0.661. The summed E-state index contributed by atoms with van der Waals surface area (Å²) in [5.74, 6) is 0.614. The van der Waals surface area contributed by atoms with Crippen LogP contribution in [0.4, 0.5) is 11.6 Å². The highest BCUT2D eigenvalue weighted by molar-refractivity contribution is 5.79. The molecule has 2 N–H and O–H groups in total. The zero-order valence-corrected chi connectivity index (χ0v) is 11.1. The number of nitrogens with zero attached hydrogens (tertiary/aromatic N) is 2. The number of anilines is 1. The van der Waals surface area contributed by atoms with Gasteiger partial charge in [0.1, 0.15) is 0 Å². The van der Waals surface area contributed by atoms with Crippen molar-refractivity contribution in [3.05, 3.63) is 28.3 Å². The van der Waals surface area contributed by atoms with Crippen molar-refractivity contribution in [2.24, 2.45) is 0 Å². The van der Waals surface area contributed by atoms with E-state index in [0.717, 1.165) is 19.4 Å². The van der Waals surface area contributed by atoms with E-state index in [1.165, 1.54) is 12.1 Å². The van der Waals surface area contributed by atoms with Crippen LogP contribution in [0.15, 0.2) is 18.2 Å². The molecule has 1 aromatic carbocycles. The molecule has 106 valence electrons. The molecule has 0 saturated carbocycles. The maximum Gasteiger partial charge on any atom is 0.271 e. The van der Waals surface area contributed by atoms with Gasteiger partial charge in [-0.25, -0.2) is 4.98 Å². The number of nitrogens with one attached hydrogen (secondary N) is 2. The Morgan fingerprint density at radius 2 is 2.45 bits per heavy atom. The van der Waals surface area contributed by atoms with Gasteiger partial charge in [-0.15, -0.1) is 0 Å². The lowest BCUT2D eigenvalue weighted by Crippen LogP contribution is -2.30. The smallest absolute Gasteiger partial charge is 0.271 e. The van der Waals surface area contributed by atoms with Crippen LogP contribution in [0.1, 0.15) is 19.8 Å². The first-order valence-electron chi connectivity index (χ1n) is 6.66. The highest BCUT2D eigenvalue weighted by Crippen LogP contribution is 2.22. The lowest BCUT2D eigenvalue weighted by atomic mass is 10.1. The van der Waals surface area contributed by atoms with Crippen LogP contribution in [-0.2, 0) is 4.74 Å². The van der Waals surface area contributed by atoms with Gasteiger partial charge in [-0.3, -0.25) is 10.1 Å². The molecule has 0 spiro atoms. The fourth-order valence-electron chi connectivity index (χ4n) is 2.49. The van der Waals surface area contributed by atoms with Crippen LogP contribution in [-0.4, -0.2) is 33.6 Å². The van der Waals surface area contributed by atoms with E-state index in [-0.39, 0.29) is 17.8 Å². The molecule has 3 rings (SSSR count). The minimum atomic E-state index is -0.414. The second-order valence-electron chi connectivity index (χ2n) is 5.03. The summed E-state index contributed by atoms with van der Waals surface area (Å²) in [4.78, 5) is 17.8. The Balaban J connectivity index is 1.79. The second-order valence-corrected chi connectivity index (χ2v) is 5.03. The maximum atomic E-state index is 10.7.